The summed E-state index contributed by atoms with van der Waals surface area (Å²) >= 11 is 0. The summed E-state index contributed by atoms with van der Waals surface area (Å²) < 4.78 is 15.9. The van der Waals surface area contributed by atoms with E-state index < -0.39 is 73.5 Å². The molecule has 1 aromatic heterocycles. The number of hydrogen-bond donors (Lipinski definition) is 9. The van der Waals surface area contributed by atoms with E-state index in [-0.39, 0.29) is 50.3 Å². The number of aliphatic hydroxyl groups excluding tert-OH is 1. The smallest absolute Gasteiger partial charge is 0.404 e. The van der Waals surface area contributed by atoms with Crippen molar-refractivity contribution in [2.24, 2.45) is 17.4 Å². The molecule has 0 aliphatic carbocycles. The number of nitrogens with one attached hydrogen (secondary N) is 4. The number of nitrogens with two attached hydrogens (primary N) is 2. The number of carbonyl (C=O) groups excluding carboxylic acids is 6. The molecule has 0 radical (unpaired) electrons. The summed E-state index contributed by atoms with van der Waals surface area (Å²) in [7, 11) is -4.81. The highest BCUT2D eigenvalue weighted by atomic mass is 31.2. The third kappa shape index (κ3) is 11.3. The first-order valence-electron chi connectivity index (χ1n) is 15.7. The number of carbonyl (C=O) groups is 6. The molecule has 49 heavy (non-hydrogen) atoms. The van der Waals surface area contributed by atoms with Crippen molar-refractivity contribution < 1.29 is 52.7 Å². The lowest BCUT2D eigenvalue weighted by Gasteiger charge is -2.30. The Morgan fingerprint density at radius 1 is 1.06 bits per heavy atom. The highest BCUT2D eigenvalue weighted by Gasteiger charge is 2.39. The van der Waals surface area contributed by atoms with Crippen molar-refractivity contribution in [1.82, 2.24) is 25.8 Å². The second-order valence-electron chi connectivity index (χ2n) is 12.4. The SMILES string of the molecule is CC(C)C[C@H](NC(=O)Cc1c[nH]c2ccc(OP(=O)(O)O)cc12)C(=O)N1CCC[C@H]1C(=O)N[C@@H](CCC(N)=O)C(=O)N[C@H](C(N)=O)[C@@H](C)O. The zero-order chi connectivity index (χ0) is 36.6. The van der Waals surface area contributed by atoms with Crippen LogP contribution in [-0.4, -0.2) is 97.0 Å². The summed E-state index contributed by atoms with van der Waals surface area (Å²) in [5.41, 5.74) is 11.6. The van der Waals surface area contributed by atoms with E-state index in [4.69, 9.17) is 21.3 Å². The summed E-state index contributed by atoms with van der Waals surface area (Å²) in [5.74, 6) is -4.54. The summed E-state index contributed by atoms with van der Waals surface area (Å²) in [4.78, 5) is 99.4. The Hall–Kier alpha value is -4.51. The summed E-state index contributed by atoms with van der Waals surface area (Å²) in [5, 5.41) is 17.9. The quantitative estimate of drug-likeness (QED) is 0.0880. The van der Waals surface area contributed by atoms with Gasteiger partial charge in [0.1, 0.15) is 29.9 Å². The molecule has 19 heteroatoms. The number of hydrogen-bond acceptors (Lipinski definition) is 9. The van der Waals surface area contributed by atoms with Gasteiger partial charge < -0.3 is 46.9 Å². The van der Waals surface area contributed by atoms with E-state index >= 15 is 0 Å². The third-order valence-electron chi connectivity index (χ3n) is 7.89. The standard InChI is InChI=1S/C30H44N7O11P/c1-15(2)11-22(34-25(40)12-17-14-33-20-7-6-18(13-19(17)20)48-49(45,46)47)30(44)37-10-4-5-23(37)29(43)35-21(8-9-24(31)39)28(42)36-26(16(3)38)27(32)41/h6-7,13-16,21-23,26,33,38H,4-5,8-12H2,1-3H3,(H2,31,39)(H2,32,41)(H,34,40)(H,35,43)(H,36,42)(H2,45,46,47)/t16-,21+,22+,23+,26+/m1/s1. The van der Waals surface area contributed by atoms with Crippen molar-refractivity contribution in [1.29, 1.82) is 0 Å². The number of aromatic nitrogens is 1. The molecule has 0 bridgehead atoms. The van der Waals surface area contributed by atoms with Gasteiger partial charge >= 0.3 is 7.82 Å². The second kappa shape index (κ2) is 16.7. The predicted octanol–water partition coefficient (Wildman–Crippen LogP) is -1.19. The van der Waals surface area contributed by atoms with Crippen LogP contribution in [0.3, 0.4) is 0 Å². The van der Waals surface area contributed by atoms with Crippen molar-refractivity contribution >= 4 is 54.2 Å². The van der Waals surface area contributed by atoms with Crippen LogP contribution in [0.5, 0.6) is 5.75 Å². The summed E-state index contributed by atoms with van der Waals surface area (Å²) in [6, 6.07) is -0.577. The van der Waals surface area contributed by atoms with Gasteiger partial charge in [0, 0.05) is 30.1 Å². The van der Waals surface area contributed by atoms with Crippen LogP contribution in [0.2, 0.25) is 0 Å². The zero-order valence-electron chi connectivity index (χ0n) is 27.4. The molecule has 5 atom stereocenters. The number of H-pyrrole nitrogens is 1. The van der Waals surface area contributed by atoms with Crippen molar-refractivity contribution in [2.45, 2.75) is 89.6 Å². The normalized spacial score (nSPS) is 17.2. The molecule has 0 unspecified atom stereocenters. The maximum atomic E-state index is 13.9. The highest BCUT2D eigenvalue weighted by Crippen LogP contribution is 2.38. The third-order valence-corrected chi connectivity index (χ3v) is 8.34. The van der Waals surface area contributed by atoms with E-state index in [1.54, 1.807) is 6.20 Å². The van der Waals surface area contributed by atoms with E-state index in [2.05, 4.69) is 25.5 Å². The van der Waals surface area contributed by atoms with Crippen molar-refractivity contribution in [3.63, 3.8) is 0 Å². The van der Waals surface area contributed by atoms with E-state index in [9.17, 15) is 38.4 Å². The Bertz CT molecular complexity index is 1610. The number of likely N-dealkylation sites (tertiary alicyclic amines) is 1. The molecule has 2 heterocycles. The lowest BCUT2D eigenvalue weighted by molar-refractivity contribution is -0.142. The molecule has 1 fully saturated rings. The van der Waals surface area contributed by atoms with Gasteiger partial charge in [-0.3, -0.25) is 38.6 Å². The van der Waals surface area contributed by atoms with Crippen molar-refractivity contribution in [3.05, 3.63) is 30.0 Å². The van der Waals surface area contributed by atoms with Gasteiger partial charge in [-0.25, -0.2) is 4.57 Å². The van der Waals surface area contributed by atoms with E-state index in [1.165, 1.54) is 30.0 Å². The molecule has 6 amide bonds. The maximum absolute atomic E-state index is 13.9. The van der Waals surface area contributed by atoms with Gasteiger partial charge in [0.05, 0.1) is 12.5 Å². The van der Waals surface area contributed by atoms with Crippen LogP contribution in [0.25, 0.3) is 10.9 Å². The number of phosphoric acid groups is 1. The van der Waals surface area contributed by atoms with Gasteiger partial charge in [0.25, 0.3) is 0 Å². The number of phosphoric ester groups is 1. The predicted molar refractivity (Wildman–Crippen MR) is 174 cm³/mol. The van der Waals surface area contributed by atoms with Gasteiger partial charge in [-0.15, -0.1) is 0 Å². The fraction of sp³-hybridized carbons (Fsp3) is 0.533. The Morgan fingerprint density at radius 3 is 2.35 bits per heavy atom. The highest BCUT2D eigenvalue weighted by molar-refractivity contribution is 7.46. The number of rotatable bonds is 17. The molecular weight excluding hydrogens is 665 g/mol. The van der Waals surface area contributed by atoms with E-state index in [0.29, 0.717) is 22.9 Å². The number of benzene rings is 1. The van der Waals surface area contributed by atoms with Crippen LogP contribution in [0.4, 0.5) is 0 Å². The largest absolute Gasteiger partial charge is 0.524 e. The van der Waals surface area contributed by atoms with Crippen LogP contribution in [0.1, 0.15) is 58.4 Å². The molecule has 2 aromatic rings. The van der Waals surface area contributed by atoms with Crippen LogP contribution in [0.15, 0.2) is 24.4 Å². The van der Waals surface area contributed by atoms with E-state index in [0.717, 1.165) is 0 Å². The minimum Gasteiger partial charge on any atom is -0.404 e. The molecule has 18 nitrogen and oxygen atoms in total. The molecule has 0 spiro atoms. The minimum absolute atomic E-state index is 0.0430. The number of aliphatic hydroxyl groups is 1. The average Bonchev–Trinajstić information content (AvgIpc) is 3.63. The van der Waals surface area contributed by atoms with Gasteiger partial charge in [-0.05, 0) is 62.3 Å². The first-order valence-corrected chi connectivity index (χ1v) is 17.2. The van der Waals surface area contributed by atoms with Gasteiger partial charge in [0.15, 0.2) is 0 Å². The molecule has 3 rings (SSSR count). The van der Waals surface area contributed by atoms with Gasteiger partial charge in [-0.2, -0.15) is 0 Å². The number of primary amides is 2. The molecule has 1 saturated heterocycles. The molecule has 270 valence electrons. The average molecular weight is 710 g/mol. The summed E-state index contributed by atoms with van der Waals surface area (Å²) in [6.07, 6.45) is 0.426. The van der Waals surface area contributed by atoms with Gasteiger partial charge in [-0.1, -0.05) is 13.8 Å². The summed E-state index contributed by atoms with van der Waals surface area (Å²) in [6.45, 7) is 5.15. The molecule has 1 aliphatic rings. The van der Waals surface area contributed by atoms with Crippen molar-refractivity contribution in [3.8, 4) is 5.75 Å². The minimum atomic E-state index is -4.81. The zero-order valence-corrected chi connectivity index (χ0v) is 28.3. The molecule has 1 aromatic carbocycles. The topological polar surface area (TPSA) is 297 Å². The number of fused-ring (bicyclic) bond motifs is 1. The fourth-order valence-electron chi connectivity index (χ4n) is 5.62. The lowest BCUT2D eigenvalue weighted by atomic mass is 10.0. The van der Waals surface area contributed by atoms with E-state index in [1.807, 2.05) is 13.8 Å². The molecule has 11 N–H and O–H groups in total. The number of aromatic amines is 1. The first kappa shape index (κ1) is 38.9. The van der Waals surface area contributed by atoms with Crippen LogP contribution >= 0.6 is 7.82 Å². The number of nitrogens with zero attached hydrogens (tertiary/aromatic N) is 1. The van der Waals surface area contributed by atoms with Crippen LogP contribution in [-0.2, 0) is 39.8 Å². The Labute approximate surface area is 281 Å². The molecular formula is C30H44N7O11P. The Balaban J connectivity index is 1.76. The monoisotopic (exact) mass is 709 g/mol. The fourth-order valence-corrected chi connectivity index (χ4v) is 6.01. The van der Waals surface area contributed by atoms with Crippen molar-refractivity contribution in [2.75, 3.05) is 6.54 Å². The van der Waals surface area contributed by atoms with Crippen LogP contribution in [0, 0.1) is 5.92 Å². The number of amides is 6. The van der Waals surface area contributed by atoms with Crippen LogP contribution < -0.4 is 31.9 Å². The molecule has 1 aliphatic heterocycles. The second-order valence-corrected chi connectivity index (χ2v) is 13.6. The van der Waals surface area contributed by atoms with Gasteiger partial charge in [0.2, 0.25) is 35.4 Å². The Morgan fingerprint density at radius 2 is 1.76 bits per heavy atom. The Kier molecular flexibility index (Phi) is 13.3. The lowest BCUT2D eigenvalue weighted by Crippen LogP contribution is -2.59. The maximum Gasteiger partial charge on any atom is 0.524 e. The molecule has 0 saturated carbocycles. The first-order chi connectivity index (χ1) is 22.9.